The maximum atomic E-state index is 13.3. The van der Waals surface area contributed by atoms with Gasteiger partial charge in [-0.15, -0.1) is 0 Å². The number of likely N-dealkylation sites (tertiary alicyclic amines) is 1. The van der Waals surface area contributed by atoms with Crippen LogP contribution < -0.4 is 0 Å². The molecule has 2 aromatic heterocycles. The van der Waals surface area contributed by atoms with Gasteiger partial charge in [-0.1, -0.05) is 35.0 Å². The Labute approximate surface area is 171 Å². The van der Waals surface area contributed by atoms with Crippen molar-refractivity contribution in [2.45, 2.75) is 52.5 Å². The molecule has 1 aliphatic heterocycles. The van der Waals surface area contributed by atoms with E-state index in [4.69, 9.17) is 4.52 Å². The zero-order valence-electron chi connectivity index (χ0n) is 17.6. The van der Waals surface area contributed by atoms with Gasteiger partial charge < -0.3 is 9.42 Å². The van der Waals surface area contributed by atoms with Crippen LogP contribution in [0, 0.1) is 20.8 Å². The number of hydrogen-bond acceptors (Lipinski definition) is 4. The van der Waals surface area contributed by atoms with Gasteiger partial charge in [0.1, 0.15) is 0 Å². The van der Waals surface area contributed by atoms with Crippen LogP contribution in [0.5, 0.6) is 0 Å². The molecule has 1 aliphatic rings. The molecule has 0 unspecified atom stereocenters. The smallest absolute Gasteiger partial charge is 0.227 e. The van der Waals surface area contributed by atoms with E-state index in [2.05, 4.69) is 29.3 Å². The first kappa shape index (κ1) is 19.4. The molecule has 0 bridgehead atoms. The van der Waals surface area contributed by atoms with Crippen molar-refractivity contribution in [2.24, 2.45) is 7.05 Å². The molecule has 152 valence electrons. The van der Waals surface area contributed by atoms with Crippen LogP contribution in [0.4, 0.5) is 0 Å². The summed E-state index contributed by atoms with van der Waals surface area (Å²) in [6, 6.07) is 8.18. The van der Waals surface area contributed by atoms with Gasteiger partial charge in [-0.3, -0.25) is 9.48 Å². The molecular formula is C23H28N4O2. The first-order valence-electron chi connectivity index (χ1n) is 10.3. The highest BCUT2D eigenvalue weighted by atomic mass is 16.5. The molecule has 1 aromatic carbocycles. The molecule has 29 heavy (non-hydrogen) atoms. The van der Waals surface area contributed by atoms with E-state index in [9.17, 15) is 4.79 Å². The zero-order chi connectivity index (χ0) is 20.5. The van der Waals surface area contributed by atoms with E-state index in [1.54, 1.807) is 0 Å². The summed E-state index contributed by atoms with van der Waals surface area (Å²) in [7, 11) is 1.94. The Morgan fingerprint density at radius 2 is 2.07 bits per heavy atom. The molecule has 1 saturated heterocycles. The summed E-state index contributed by atoms with van der Waals surface area (Å²) in [5, 5.41) is 8.61. The van der Waals surface area contributed by atoms with E-state index >= 15 is 0 Å². The Morgan fingerprint density at radius 3 is 2.79 bits per heavy atom. The predicted octanol–water partition coefficient (Wildman–Crippen LogP) is 4.30. The van der Waals surface area contributed by atoms with Crippen LogP contribution in [0.3, 0.4) is 0 Å². The molecule has 0 radical (unpaired) electrons. The molecule has 1 amide bonds. The minimum Gasteiger partial charge on any atom is -0.356 e. The van der Waals surface area contributed by atoms with Crippen LogP contribution in [-0.4, -0.2) is 32.3 Å². The average molecular weight is 393 g/mol. The Bertz CT molecular complexity index is 1030. The summed E-state index contributed by atoms with van der Waals surface area (Å²) in [6.07, 6.45) is 5.31. The molecule has 0 N–H and O–H groups in total. The molecule has 6 nitrogen and oxygen atoms in total. The first-order chi connectivity index (χ1) is 14.0. The molecule has 4 rings (SSSR count). The second-order valence-corrected chi connectivity index (χ2v) is 8.05. The Hall–Kier alpha value is -2.89. The fourth-order valence-electron chi connectivity index (χ4n) is 4.30. The van der Waals surface area contributed by atoms with Crippen molar-refractivity contribution < 1.29 is 9.32 Å². The van der Waals surface area contributed by atoms with Crippen molar-refractivity contribution in [2.75, 3.05) is 6.54 Å². The van der Waals surface area contributed by atoms with Gasteiger partial charge >= 0.3 is 0 Å². The molecule has 0 aliphatic carbocycles. The van der Waals surface area contributed by atoms with E-state index in [0.29, 0.717) is 6.42 Å². The largest absolute Gasteiger partial charge is 0.356 e. The van der Waals surface area contributed by atoms with Crippen LogP contribution >= 0.6 is 0 Å². The number of amides is 1. The van der Waals surface area contributed by atoms with Crippen molar-refractivity contribution in [1.29, 1.82) is 0 Å². The van der Waals surface area contributed by atoms with Crippen molar-refractivity contribution in [3.8, 4) is 11.3 Å². The summed E-state index contributed by atoms with van der Waals surface area (Å²) < 4.78 is 7.51. The minimum atomic E-state index is -0.00614. The van der Waals surface area contributed by atoms with E-state index in [0.717, 1.165) is 59.6 Å². The highest BCUT2D eigenvalue weighted by Gasteiger charge is 2.33. The third-order valence-electron chi connectivity index (χ3n) is 5.96. The number of piperidine rings is 1. The average Bonchev–Trinajstić information content (AvgIpc) is 3.24. The van der Waals surface area contributed by atoms with E-state index in [1.165, 1.54) is 5.56 Å². The normalized spacial score (nSPS) is 17.0. The van der Waals surface area contributed by atoms with E-state index in [1.807, 2.05) is 48.8 Å². The fourth-order valence-corrected chi connectivity index (χ4v) is 4.30. The third kappa shape index (κ3) is 3.71. The standard InChI is InChI=1S/C23H28N4O2/c1-15-8-7-9-18(12-15)13-21(28)27-11-6-5-10-20(27)22-19(14-24-26(22)4)23-16(2)17(3)25-29-23/h7-9,12,14,20H,5-6,10-11,13H2,1-4H3/t20-/m1/s1. The van der Waals surface area contributed by atoms with Crippen LogP contribution in [0.25, 0.3) is 11.3 Å². The van der Waals surface area contributed by atoms with Gasteiger partial charge in [0.15, 0.2) is 5.76 Å². The lowest BCUT2D eigenvalue weighted by molar-refractivity contribution is -0.134. The summed E-state index contributed by atoms with van der Waals surface area (Å²) >= 11 is 0. The van der Waals surface area contributed by atoms with Gasteiger partial charge in [0.25, 0.3) is 0 Å². The number of carbonyl (C=O) groups is 1. The number of aromatic nitrogens is 3. The fraction of sp³-hybridized carbons (Fsp3) is 0.435. The van der Waals surface area contributed by atoms with Crippen LogP contribution in [0.15, 0.2) is 35.0 Å². The van der Waals surface area contributed by atoms with Crippen LogP contribution in [-0.2, 0) is 18.3 Å². The third-order valence-corrected chi connectivity index (χ3v) is 5.96. The molecule has 0 spiro atoms. The number of hydrogen-bond donors (Lipinski definition) is 0. The molecule has 1 fully saturated rings. The summed E-state index contributed by atoms with van der Waals surface area (Å²) in [4.78, 5) is 15.3. The summed E-state index contributed by atoms with van der Waals surface area (Å²) in [6.45, 7) is 6.78. The Morgan fingerprint density at radius 1 is 1.24 bits per heavy atom. The SMILES string of the molecule is Cc1cccc(CC(=O)N2CCCC[C@@H]2c2c(-c3onc(C)c3C)cnn2C)c1. The molecule has 6 heteroatoms. The van der Waals surface area contributed by atoms with Crippen molar-refractivity contribution in [3.05, 3.63) is 58.5 Å². The second kappa shape index (κ2) is 7.85. The van der Waals surface area contributed by atoms with Gasteiger partial charge in [0.05, 0.1) is 35.6 Å². The quantitative estimate of drug-likeness (QED) is 0.664. The number of nitrogens with zero attached hydrogens (tertiary/aromatic N) is 4. The maximum absolute atomic E-state index is 13.3. The number of aryl methyl sites for hydroxylation is 3. The van der Waals surface area contributed by atoms with Crippen LogP contribution in [0.2, 0.25) is 0 Å². The molecule has 1 atom stereocenters. The lowest BCUT2D eigenvalue weighted by Crippen LogP contribution is -2.40. The van der Waals surface area contributed by atoms with Crippen molar-refractivity contribution in [3.63, 3.8) is 0 Å². The highest BCUT2D eigenvalue weighted by Crippen LogP contribution is 2.38. The van der Waals surface area contributed by atoms with Gasteiger partial charge in [-0.25, -0.2) is 0 Å². The maximum Gasteiger partial charge on any atom is 0.227 e. The van der Waals surface area contributed by atoms with Crippen LogP contribution in [0.1, 0.15) is 53.4 Å². The Kier molecular flexibility index (Phi) is 5.26. The van der Waals surface area contributed by atoms with Gasteiger partial charge in [-0.2, -0.15) is 5.10 Å². The van der Waals surface area contributed by atoms with Crippen molar-refractivity contribution in [1.82, 2.24) is 19.8 Å². The second-order valence-electron chi connectivity index (χ2n) is 8.05. The molecule has 3 aromatic rings. The molecular weight excluding hydrogens is 364 g/mol. The molecule has 0 saturated carbocycles. The predicted molar refractivity (Wildman–Crippen MR) is 111 cm³/mol. The summed E-state index contributed by atoms with van der Waals surface area (Å²) in [5.74, 6) is 0.917. The van der Waals surface area contributed by atoms with Gasteiger partial charge in [0, 0.05) is 19.2 Å². The lowest BCUT2D eigenvalue weighted by Gasteiger charge is -2.36. The van der Waals surface area contributed by atoms with E-state index in [-0.39, 0.29) is 11.9 Å². The first-order valence-corrected chi connectivity index (χ1v) is 10.3. The van der Waals surface area contributed by atoms with E-state index < -0.39 is 0 Å². The van der Waals surface area contributed by atoms with Crippen molar-refractivity contribution >= 4 is 5.91 Å². The Balaban J connectivity index is 1.67. The van der Waals surface area contributed by atoms with Gasteiger partial charge in [0.2, 0.25) is 5.91 Å². The topological polar surface area (TPSA) is 64.2 Å². The van der Waals surface area contributed by atoms with Gasteiger partial charge in [-0.05, 0) is 45.6 Å². The zero-order valence-corrected chi connectivity index (χ0v) is 17.6. The number of benzene rings is 1. The monoisotopic (exact) mass is 392 g/mol. The minimum absolute atomic E-state index is 0.00614. The highest BCUT2D eigenvalue weighted by molar-refractivity contribution is 5.80. The number of carbonyl (C=O) groups excluding carboxylic acids is 1. The number of rotatable bonds is 4. The lowest BCUT2D eigenvalue weighted by atomic mass is 9.94. The summed E-state index contributed by atoms with van der Waals surface area (Å²) in [5.41, 5.74) is 6.10. The molecule has 3 heterocycles.